The summed E-state index contributed by atoms with van der Waals surface area (Å²) in [6.45, 7) is 3.98. The Kier molecular flexibility index (Phi) is 2.75. The van der Waals surface area contributed by atoms with Gasteiger partial charge in [-0.25, -0.2) is 8.42 Å². The lowest BCUT2D eigenvalue weighted by atomic mass is 10.1. The van der Waals surface area contributed by atoms with E-state index in [1.807, 2.05) is 0 Å². The topological polar surface area (TPSA) is 63.4 Å². The highest BCUT2D eigenvalue weighted by atomic mass is 32.2. The summed E-state index contributed by atoms with van der Waals surface area (Å²) >= 11 is 0. The number of rotatable bonds is 3. The van der Waals surface area contributed by atoms with Gasteiger partial charge in [-0.2, -0.15) is 4.31 Å². The highest BCUT2D eigenvalue weighted by Crippen LogP contribution is 2.42. The van der Waals surface area contributed by atoms with Crippen LogP contribution < -0.4 is 0 Å². The molecule has 0 radical (unpaired) electrons. The number of sulfonamides is 1. The van der Waals surface area contributed by atoms with Crippen LogP contribution in [0.5, 0.6) is 0 Å². The minimum atomic E-state index is -3.43. The average molecular weight is 270 g/mol. The number of hydrogen-bond donors (Lipinski definition) is 0. The lowest BCUT2D eigenvalue weighted by molar-refractivity contribution is 0.354. The van der Waals surface area contributed by atoms with Gasteiger partial charge in [0.15, 0.2) is 5.76 Å². The summed E-state index contributed by atoms with van der Waals surface area (Å²) in [6, 6.07) is 0.198. The van der Waals surface area contributed by atoms with Crippen LogP contribution in [-0.2, 0) is 10.0 Å². The van der Waals surface area contributed by atoms with Gasteiger partial charge in [-0.1, -0.05) is 5.16 Å². The van der Waals surface area contributed by atoms with Crippen molar-refractivity contribution in [1.82, 2.24) is 9.46 Å². The fourth-order valence-electron chi connectivity index (χ4n) is 2.98. The van der Waals surface area contributed by atoms with Crippen LogP contribution in [0.25, 0.3) is 0 Å². The Labute approximate surface area is 107 Å². The third-order valence-electron chi connectivity index (χ3n) is 3.95. The lowest BCUT2D eigenvalue weighted by Crippen LogP contribution is -2.37. The van der Waals surface area contributed by atoms with Crippen LogP contribution in [0.2, 0.25) is 0 Å². The Bertz CT molecular complexity index is 540. The Morgan fingerprint density at radius 3 is 2.56 bits per heavy atom. The predicted octanol–water partition coefficient (Wildman–Crippen LogP) is 1.85. The highest BCUT2D eigenvalue weighted by Gasteiger charge is 2.45. The SMILES string of the molecule is Cc1noc(C)c1S(=O)(=O)N1CCCC1C1CC1. The first-order chi connectivity index (χ1) is 8.51. The second-order valence-electron chi connectivity index (χ2n) is 5.32. The van der Waals surface area contributed by atoms with Crippen LogP contribution >= 0.6 is 0 Å². The molecule has 3 rings (SSSR count). The quantitative estimate of drug-likeness (QED) is 0.841. The third-order valence-corrected chi connectivity index (χ3v) is 6.12. The van der Waals surface area contributed by atoms with Crippen molar-refractivity contribution in [3.05, 3.63) is 11.5 Å². The van der Waals surface area contributed by atoms with E-state index in [9.17, 15) is 8.42 Å². The van der Waals surface area contributed by atoms with Crippen molar-refractivity contribution in [2.24, 2.45) is 5.92 Å². The maximum atomic E-state index is 12.7. The fraction of sp³-hybridized carbons (Fsp3) is 0.750. The molecule has 2 aliphatic rings. The van der Waals surface area contributed by atoms with Gasteiger partial charge in [0.1, 0.15) is 10.6 Å². The van der Waals surface area contributed by atoms with E-state index in [0.717, 1.165) is 25.7 Å². The summed E-state index contributed by atoms with van der Waals surface area (Å²) in [5.41, 5.74) is 0.467. The van der Waals surface area contributed by atoms with Gasteiger partial charge in [0.05, 0.1) is 0 Å². The molecule has 100 valence electrons. The van der Waals surface area contributed by atoms with Crippen molar-refractivity contribution in [2.45, 2.75) is 50.5 Å². The molecule has 1 unspecified atom stereocenters. The van der Waals surface area contributed by atoms with E-state index < -0.39 is 10.0 Å². The lowest BCUT2D eigenvalue weighted by Gasteiger charge is -2.23. The number of aromatic nitrogens is 1. The van der Waals surface area contributed by atoms with Gasteiger partial charge in [0.2, 0.25) is 10.0 Å². The molecule has 1 atom stereocenters. The molecule has 1 saturated carbocycles. The Hall–Kier alpha value is -0.880. The van der Waals surface area contributed by atoms with Gasteiger partial charge in [-0.15, -0.1) is 0 Å². The number of aryl methyl sites for hydroxylation is 2. The van der Waals surface area contributed by atoms with Gasteiger partial charge in [0.25, 0.3) is 0 Å². The van der Waals surface area contributed by atoms with Crippen LogP contribution in [-0.4, -0.2) is 30.5 Å². The molecule has 1 aromatic rings. The maximum absolute atomic E-state index is 12.7. The van der Waals surface area contributed by atoms with Crippen molar-refractivity contribution >= 4 is 10.0 Å². The van der Waals surface area contributed by atoms with Gasteiger partial charge in [-0.3, -0.25) is 0 Å². The molecule has 0 spiro atoms. The minimum absolute atomic E-state index is 0.198. The zero-order chi connectivity index (χ0) is 12.9. The molecule has 18 heavy (non-hydrogen) atoms. The largest absolute Gasteiger partial charge is 0.360 e. The van der Waals surface area contributed by atoms with Crippen LogP contribution in [0.15, 0.2) is 9.42 Å². The molecule has 6 heteroatoms. The van der Waals surface area contributed by atoms with E-state index in [-0.39, 0.29) is 10.9 Å². The van der Waals surface area contributed by atoms with E-state index >= 15 is 0 Å². The molecule has 5 nitrogen and oxygen atoms in total. The second-order valence-corrected chi connectivity index (χ2v) is 7.14. The fourth-order valence-corrected chi connectivity index (χ4v) is 5.03. The van der Waals surface area contributed by atoms with Crippen LogP contribution in [0, 0.1) is 19.8 Å². The standard InChI is InChI=1S/C12H18N2O3S/c1-8-12(9(2)17-13-8)18(15,16)14-7-3-4-11(14)10-5-6-10/h10-11H,3-7H2,1-2H3. The molecule has 1 aliphatic heterocycles. The van der Waals surface area contributed by atoms with Gasteiger partial charge in [-0.05, 0) is 45.4 Å². The van der Waals surface area contributed by atoms with Gasteiger partial charge < -0.3 is 4.52 Å². The molecular formula is C12H18N2O3S. The van der Waals surface area contributed by atoms with Crippen LogP contribution in [0.3, 0.4) is 0 Å². The minimum Gasteiger partial charge on any atom is -0.360 e. The van der Waals surface area contributed by atoms with E-state index in [4.69, 9.17) is 4.52 Å². The zero-order valence-electron chi connectivity index (χ0n) is 10.7. The van der Waals surface area contributed by atoms with Crippen molar-refractivity contribution in [3.8, 4) is 0 Å². The van der Waals surface area contributed by atoms with E-state index in [1.54, 1.807) is 18.2 Å². The van der Waals surface area contributed by atoms with Crippen molar-refractivity contribution in [2.75, 3.05) is 6.54 Å². The van der Waals surface area contributed by atoms with Gasteiger partial charge in [0, 0.05) is 12.6 Å². The number of hydrogen-bond acceptors (Lipinski definition) is 4. The summed E-state index contributed by atoms with van der Waals surface area (Å²) in [4.78, 5) is 0.273. The molecule has 0 bridgehead atoms. The summed E-state index contributed by atoms with van der Waals surface area (Å²) in [5.74, 6) is 0.969. The Balaban J connectivity index is 1.99. The monoisotopic (exact) mass is 270 g/mol. The summed E-state index contributed by atoms with van der Waals surface area (Å²) < 4.78 is 32.1. The molecule has 1 aromatic heterocycles. The predicted molar refractivity (Wildman–Crippen MR) is 65.6 cm³/mol. The molecular weight excluding hydrogens is 252 g/mol. The van der Waals surface area contributed by atoms with E-state index in [1.165, 1.54) is 0 Å². The Morgan fingerprint density at radius 1 is 1.28 bits per heavy atom. The summed E-state index contributed by atoms with van der Waals surface area (Å²) in [6.07, 6.45) is 4.29. The van der Waals surface area contributed by atoms with Gasteiger partial charge >= 0.3 is 0 Å². The van der Waals surface area contributed by atoms with Crippen LogP contribution in [0.4, 0.5) is 0 Å². The summed E-state index contributed by atoms with van der Waals surface area (Å²) in [5, 5.41) is 3.76. The Morgan fingerprint density at radius 2 is 2.00 bits per heavy atom. The first kappa shape index (κ1) is 12.2. The van der Waals surface area contributed by atoms with Crippen molar-refractivity contribution in [3.63, 3.8) is 0 Å². The first-order valence-corrected chi connectivity index (χ1v) is 7.90. The van der Waals surface area contributed by atoms with Crippen molar-refractivity contribution < 1.29 is 12.9 Å². The third kappa shape index (κ3) is 1.78. The van der Waals surface area contributed by atoms with E-state index in [0.29, 0.717) is 23.9 Å². The molecule has 1 saturated heterocycles. The molecule has 0 N–H and O–H groups in total. The zero-order valence-corrected chi connectivity index (χ0v) is 11.5. The maximum Gasteiger partial charge on any atom is 0.248 e. The molecule has 0 amide bonds. The highest BCUT2D eigenvalue weighted by molar-refractivity contribution is 7.89. The van der Waals surface area contributed by atoms with E-state index in [2.05, 4.69) is 5.16 Å². The molecule has 1 aliphatic carbocycles. The molecule has 0 aromatic carbocycles. The molecule has 2 fully saturated rings. The number of nitrogens with zero attached hydrogens (tertiary/aromatic N) is 2. The first-order valence-electron chi connectivity index (χ1n) is 6.46. The average Bonchev–Trinajstić information content (AvgIpc) is 2.92. The second kappa shape index (κ2) is 4.06. The molecule has 2 heterocycles. The normalized spacial score (nSPS) is 25.8. The summed E-state index contributed by atoms with van der Waals surface area (Å²) in [7, 11) is -3.43. The van der Waals surface area contributed by atoms with Crippen molar-refractivity contribution in [1.29, 1.82) is 0 Å². The smallest absolute Gasteiger partial charge is 0.248 e. The van der Waals surface area contributed by atoms with Crippen LogP contribution in [0.1, 0.15) is 37.1 Å².